The molecule has 2 aliphatic rings. The van der Waals surface area contributed by atoms with Crippen LogP contribution in [0.1, 0.15) is 40.8 Å². The molecule has 0 spiro atoms. The van der Waals surface area contributed by atoms with Crippen LogP contribution in [0.4, 0.5) is 0 Å². The summed E-state index contributed by atoms with van der Waals surface area (Å²) in [5.41, 5.74) is 0.657. The molecule has 4 rings (SSSR count). The Labute approximate surface area is 150 Å². The van der Waals surface area contributed by atoms with Crippen LogP contribution in [0, 0.1) is 13.8 Å². The van der Waals surface area contributed by atoms with Crippen LogP contribution in [0.3, 0.4) is 0 Å². The summed E-state index contributed by atoms with van der Waals surface area (Å²) < 4.78 is 33.3. The minimum absolute atomic E-state index is 0.117. The zero-order valence-corrected chi connectivity index (χ0v) is 15.4. The van der Waals surface area contributed by atoms with Crippen molar-refractivity contribution in [3.63, 3.8) is 0 Å². The van der Waals surface area contributed by atoms with E-state index in [1.54, 1.807) is 29.6 Å². The van der Waals surface area contributed by atoms with Crippen LogP contribution in [-0.2, 0) is 10.0 Å². The van der Waals surface area contributed by atoms with Crippen molar-refractivity contribution in [2.24, 2.45) is 0 Å². The smallest absolute Gasteiger partial charge is 0.276 e. The summed E-state index contributed by atoms with van der Waals surface area (Å²) in [6.45, 7) is 5.23. The quantitative estimate of drug-likeness (QED) is 0.752. The molecule has 0 bridgehead atoms. The number of amides is 1. The van der Waals surface area contributed by atoms with Crippen molar-refractivity contribution in [2.45, 2.75) is 37.6 Å². The number of carbonyl (C=O) groups is 1. The molecule has 2 aliphatic heterocycles. The van der Waals surface area contributed by atoms with Gasteiger partial charge in [-0.2, -0.15) is 4.31 Å². The van der Waals surface area contributed by atoms with E-state index in [4.69, 9.17) is 4.52 Å². The van der Waals surface area contributed by atoms with Crippen LogP contribution in [0.5, 0.6) is 0 Å². The molecule has 0 aliphatic carbocycles. The van der Waals surface area contributed by atoms with Crippen LogP contribution in [0.25, 0.3) is 0 Å². The number of likely N-dealkylation sites (tertiary alicyclic amines) is 1. The number of nitrogens with zero attached hydrogens (tertiary/aromatic N) is 6. The minimum atomic E-state index is -3.64. The van der Waals surface area contributed by atoms with Crippen LogP contribution >= 0.6 is 0 Å². The highest BCUT2D eigenvalue weighted by Gasteiger charge is 2.41. The zero-order valence-electron chi connectivity index (χ0n) is 14.6. The molecule has 0 saturated carbocycles. The van der Waals surface area contributed by atoms with E-state index in [2.05, 4.69) is 15.5 Å². The summed E-state index contributed by atoms with van der Waals surface area (Å²) in [7, 11) is -3.64. The second kappa shape index (κ2) is 6.16. The summed E-state index contributed by atoms with van der Waals surface area (Å²) in [4.78, 5) is 14.2. The number of rotatable bonds is 4. The Morgan fingerprint density at radius 2 is 1.92 bits per heavy atom. The highest BCUT2D eigenvalue weighted by molar-refractivity contribution is 7.89. The normalized spacial score (nSPS) is 19.1. The van der Waals surface area contributed by atoms with Crippen LogP contribution < -0.4 is 0 Å². The van der Waals surface area contributed by atoms with Gasteiger partial charge in [-0.25, -0.2) is 13.1 Å². The molecule has 4 heterocycles. The van der Waals surface area contributed by atoms with Crippen molar-refractivity contribution in [1.82, 2.24) is 29.4 Å². The van der Waals surface area contributed by atoms with Gasteiger partial charge in [-0.1, -0.05) is 10.4 Å². The lowest BCUT2D eigenvalue weighted by Crippen LogP contribution is -2.50. The lowest BCUT2D eigenvalue weighted by molar-refractivity contribution is 0.0786. The van der Waals surface area contributed by atoms with Crippen molar-refractivity contribution in [3.8, 4) is 0 Å². The van der Waals surface area contributed by atoms with E-state index in [1.807, 2.05) is 0 Å². The summed E-state index contributed by atoms with van der Waals surface area (Å²) in [5, 5.41) is 11.7. The number of hydrogen-bond donors (Lipinski definition) is 0. The van der Waals surface area contributed by atoms with Crippen molar-refractivity contribution in [2.75, 3.05) is 26.2 Å². The molecule has 10 nitrogen and oxygen atoms in total. The summed E-state index contributed by atoms with van der Waals surface area (Å²) in [6.07, 6.45) is 3.62. The van der Waals surface area contributed by atoms with Gasteiger partial charge in [0.15, 0.2) is 11.5 Å². The zero-order chi connectivity index (χ0) is 18.5. The molecule has 2 aromatic heterocycles. The molecule has 0 aromatic carbocycles. The van der Waals surface area contributed by atoms with Crippen molar-refractivity contribution in [1.29, 1.82) is 0 Å². The van der Waals surface area contributed by atoms with E-state index < -0.39 is 10.0 Å². The number of aryl methyl sites for hydroxylation is 2. The fraction of sp³-hybridized carbons (Fsp3) is 0.600. The first kappa shape index (κ1) is 17.2. The molecule has 0 atom stereocenters. The van der Waals surface area contributed by atoms with Gasteiger partial charge in [-0.05, 0) is 26.7 Å². The van der Waals surface area contributed by atoms with E-state index in [0.717, 1.165) is 25.9 Å². The first-order valence-corrected chi connectivity index (χ1v) is 9.96. The van der Waals surface area contributed by atoms with Crippen LogP contribution in [0.15, 0.2) is 15.6 Å². The van der Waals surface area contributed by atoms with Crippen molar-refractivity contribution >= 4 is 15.9 Å². The predicted octanol–water partition coefficient (Wildman–Crippen LogP) is 0.365. The Morgan fingerprint density at radius 1 is 1.23 bits per heavy atom. The van der Waals surface area contributed by atoms with Gasteiger partial charge in [0.05, 0.1) is 12.2 Å². The van der Waals surface area contributed by atoms with Gasteiger partial charge in [-0.3, -0.25) is 4.79 Å². The topological polar surface area (TPSA) is 114 Å². The molecule has 26 heavy (non-hydrogen) atoms. The molecule has 2 aromatic rings. The van der Waals surface area contributed by atoms with Gasteiger partial charge in [-0.15, -0.1) is 5.10 Å². The molecule has 11 heteroatoms. The summed E-state index contributed by atoms with van der Waals surface area (Å²) >= 11 is 0. The maximum absolute atomic E-state index is 12.7. The average molecular weight is 380 g/mol. The van der Waals surface area contributed by atoms with E-state index in [0.29, 0.717) is 11.4 Å². The lowest BCUT2D eigenvalue weighted by atomic mass is 10.2. The SMILES string of the molecule is Cc1noc(C)c1S(=O)(=O)N1CC(n2cc(C(=O)N3CCCC3)nn2)C1. The number of hydrogen-bond acceptors (Lipinski definition) is 7. The third-order valence-corrected chi connectivity index (χ3v) is 6.97. The molecule has 2 fully saturated rings. The second-order valence-electron chi connectivity index (χ2n) is 6.71. The fourth-order valence-electron chi connectivity index (χ4n) is 3.39. The highest BCUT2D eigenvalue weighted by Crippen LogP contribution is 2.30. The first-order valence-electron chi connectivity index (χ1n) is 8.52. The lowest BCUT2D eigenvalue weighted by Gasteiger charge is -2.37. The van der Waals surface area contributed by atoms with E-state index in [-0.39, 0.29) is 35.7 Å². The monoisotopic (exact) mass is 380 g/mol. The fourth-order valence-corrected chi connectivity index (χ4v) is 5.19. The Morgan fingerprint density at radius 3 is 2.54 bits per heavy atom. The first-order chi connectivity index (χ1) is 12.4. The summed E-state index contributed by atoms with van der Waals surface area (Å²) in [6, 6.07) is -0.141. The van der Waals surface area contributed by atoms with E-state index >= 15 is 0 Å². The molecule has 0 N–H and O–H groups in total. The van der Waals surface area contributed by atoms with Gasteiger partial charge in [0.25, 0.3) is 5.91 Å². The maximum atomic E-state index is 12.7. The molecule has 140 valence electrons. The second-order valence-corrected chi connectivity index (χ2v) is 8.59. The van der Waals surface area contributed by atoms with Gasteiger partial charge < -0.3 is 9.42 Å². The number of sulfonamides is 1. The van der Waals surface area contributed by atoms with Gasteiger partial charge in [0.2, 0.25) is 10.0 Å². The van der Waals surface area contributed by atoms with Gasteiger partial charge in [0.1, 0.15) is 10.6 Å². The molecule has 1 amide bonds. The maximum Gasteiger partial charge on any atom is 0.276 e. The van der Waals surface area contributed by atoms with Crippen LogP contribution in [-0.4, -0.2) is 69.9 Å². The van der Waals surface area contributed by atoms with Crippen molar-refractivity contribution < 1.29 is 17.7 Å². The highest BCUT2D eigenvalue weighted by atomic mass is 32.2. The molecule has 0 radical (unpaired) electrons. The summed E-state index contributed by atoms with van der Waals surface area (Å²) in [5.74, 6) is 0.165. The molecular formula is C15H20N6O4S. The molecular weight excluding hydrogens is 360 g/mol. The van der Waals surface area contributed by atoms with Crippen LogP contribution in [0.2, 0.25) is 0 Å². The van der Waals surface area contributed by atoms with Crippen molar-refractivity contribution in [3.05, 3.63) is 23.3 Å². The van der Waals surface area contributed by atoms with Gasteiger partial charge >= 0.3 is 0 Å². The standard InChI is InChI=1S/C15H20N6O4S/c1-10-14(11(2)25-17-10)26(23,24)20-7-12(8-20)21-9-13(16-18-21)15(22)19-5-3-4-6-19/h9,12H,3-8H2,1-2H3. The van der Waals surface area contributed by atoms with Gasteiger partial charge in [0, 0.05) is 26.2 Å². The third kappa shape index (κ3) is 2.71. The van der Waals surface area contributed by atoms with E-state index in [1.165, 1.54) is 4.31 Å². The average Bonchev–Trinajstić information content (AvgIpc) is 3.26. The Balaban J connectivity index is 1.44. The number of carbonyl (C=O) groups excluding carboxylic acids is 1. The Bertz CT molecular complexity index is 918. The number of aromatic nitrogens is 4. The Hall–Kier alpha value is -2.27. The third-order valence-electron chi connectivity index (χ3n) is 4.89. The Kier molecular flexibility index (Phi) is 4.07. The minimum Gasteiger partial charge on any atom is -0.360 e. The van der Waals surface area contributed by atoms with E-state index in [9.17, 15) is 13.2 Å². The molecule has 0 unspecified atom stereocenters. The molecule has 2 saturated heterocycles. The predicted molar refractivity (Wildman–Crippen MR) is 88.9 cm³/mol. The largest absolute Gasteiger partial charge is 0.360 e.